The van der Waals surface area contributed by atoms with Crippen molar-refractivity contribution in [2.45, 2.75) is 19.0 Å². The van der Waals surface area contributed by atoms with Gasteiger partial charge in [-0.15, -0.1) is 0 Å². The van der Waals surface area contributed by atoms with Gasteiger partial charge in [-0.05, 0) is 24.1 Å². The van der Waals surface area contributed by atoms with Gasteiger partial charge in [0.05, 0.1) is 24.2 Å². The minimum absolute atomic E-state index is 0.0399. The second-order valence-corrected chi connectivity index (χ2v) is 6.23. The zero-order chi connectivity index (χ0) is 19.4. The molecule has 1 unspecified atom stereocenters. The number of aromatic nitrogens is 1. The number of halogens is 4. The number of nitrogens with zero attached hydrogens (tertiary/aromatic N) is 1. The summed E-state index contributed by atoms with van der Waals surface area (Å²) in [6, 6.07) is 14.4. The van der Waals surface area contributed by atoms with Gasteiger partial charge in [0, 0.05) is 5.39 Å². The number of hydrogen-bond acceptors (Lipinski definition) is 2. The fraction of sp³-hybridized carbons (Fsp3) is 0.200. The first-order chi connectivity index (χ1) is 12.8. The Morgan fingerprint density at radius 1 is 1.07 bits per heavy atom. The lowest BCUT2D eigenvalue weighted by Crippen LogP contribution is -2.29. The van der Waals surface area contributed by atoms with E-state index >= 15 is 0 Å². The van der Waals surface area contributed by atoms with E-state index in [-0.39, 0.29) is 17.6 Å². The molecule has 2 aromatic carbocycles. The summed E-state index contributed by atoms with van der Waals surface area (Å²) in [7, 11) is 0. The molecule has 7 heteroatoms. The molecular weight excluding hydrogens is 360 g/mol. The third-order valence-electron chi connectivity index (χ3n) is 4.10. The fourth-order valence-electron chi connectivity index (χ4n) is 2.87. The highest BCUT2D eigenvalue weighted by Crippen LogP contribution is 2.28. The van der Waals surface area contributed by atoms with Crippen molar-refractivity contribution in [3.8, 4) is 0 Å². The molecule has 3 nitrogen and oxygen atoms in total. The van der Waals surface area contributed by atoms with Gasteiger partial charge in [-0.25, -0.2) is 4.39 Å². The van der Waals surface area contributed by atoms with Crippen LogP contribution in [0.5, 0.6) is 0 Å². The molecule has 3 aromatic rings. The molecule has 0 bridgehead atoms. The van der Waals surface area contributed by atoms with Crippen molar-refractivity contribution < 1.29 is 22.4 Å². The normalized spacial score (nSPS) is 12.7. The highest BCUT2D eigenvalue weighted by Gasteiger charge is 2.35. The van der Waals surface area contributed by atoms with Crippen LogP contribution >= 0.6 is 0 Å². The smallest absolute Gasteiger partial charge is 0.324 e. The number of nitrogens with one attached hydrogen (secondary N) is 1. The number of carbonyl (C=O) groups excluding carboxylic acids is 1. The first-order valence-electron chi connectivity index (χ1n) is 8.27. The van der Waals surface area contributed by atoms with Crippen LogP contribution in [0.15, 0.2) is 60.8 Å². The minimum atomic E-state index is -4.47. The van der Waals surface area contributed by atoms with Crippen LogP contribution in [0, 0.1) is 11.7 Å². The highest BCUT2D eigenvalue weighted by molar-refractivity contribution is 5.94. The number of anilines is 1. The first kappa shape index (κ1) is 18.8. The summed E-state index contributed by atoms with van der Waals surface area (Å²) in [4.78, 5) is 16.4. The standard InChI is InChI=1S/C20H16F4N2O/c21-17-8-4-7-14-10-16(12-25-18(14)17)26-19(27)15(11-20(22,23)24)9-13-5-2-1-3-6-13/h1-8,10,12,15H,9,11H2,(H,26,27). The summed E-state index contributed by atoms with van der Waals surface area (Å²) in [5, 5.41) is 2.92. The molecule has 1 N–H and O–H groups in total. The molecule has 1 amide bonds. The minimum Gasteiger partial charge on any atom is -0.324 e. The van der Waals surface area contributed by atoms with E-state index in [1.807, 2.05) is 0 Å². The second kappa shape index (κ2) is 7.73. The highest BCUT2D eigenvalue weighted by atomic mass is 19.4. The van der Waals surface area contributed by atoms with Crippen LogP contribution in [-0.2, 0) is 11.2 Å². The Morgan fingerprint density at radius 3 is 2.52 bits per heavy atom. The van der Waals surface area contributed by atoms with E-state index in [4.69, 9.17) is 0 Å². The van der Waals surface area contributed by atoms with Crippen molar-refractivity contribution in [2.24, 2.45) is 5.92 Å². The topological polar surface area (TPSA) is 42.0 Å². The van der Waals surface area contributed by atoms with Crippen molar-refractivity contribution in [1.29, 1.82) is 0 Å². The molecule has 0 aliphatic carbocycles. The number of rotatable bonds is 5. The Hall–Kier alpha value is -2.96. The number of pyridine rings is 1. The summed E-state index contributed by atoms with van der Waals surface area (Å²) < 4.78 is 52.4. The average Bonchev–Trinajstić information content (AvgIpc) is 2.61. The van der Waals surface area contributed by atoms with E-state index in [1.54, 1.807) is 36.4 Å². The molecule has 140 valence electrons. The molecule has 1 atom stereocenters. The number of amides is 1. The van der Waals surface area contributed by atoms with Crippen LogP contribution in [0.2, 0.25) is 0 Å². The van der Waals surface area contributed by atoms with Crippen molar-refractivity contribution in [1.82, 2.24) is 4.98 Å². The largest absolute Gasteiger partial charge is 0.389 e. The Morgan fingerprint density at radius 2 is 1.81 bits per heavy atom. The SMILES string of the molecule is O=C(Nc1cnc2c(F)cccc2c1)C(Cc1ccccc1)CC(F)(F)F. The summed E-state index contributed by atoms with van der Waals surface area (Å²) in [5.41, 5.74) is 0.991. The van der Waals surface area contributed by atoms with E-state index in [0.29, 0.717) is 10.9 Å². The monoisotopic (exact) mass is 376 g/mol. The third-order valence-corrected chi connectivity index (χ3v) is 4.10. The third kappa shape index (κ3) is 5.03. The summed E-state index contributed by atoms with van der Waals surface area (Å²) in [6.45, 7) is 0. The predicted octanol–water partition coefficient (Wildman–Crippen LogP) is 5.12. The quantitative estimate of drug-likeness (QED) is 0.628. The lowest BCUT2D eigenvalue weighted by atomic mass is 9.95. The zero-order valence-electron chi connectivity index (χ0n) is 14.1. The number of hydrogen-bond donors (Lipinski definition) is 1. The number of benzene rings is 2. The zero-order valence-corrected chi connectivity index (χ0v) is 14.1. The number of alkyl halides is 3. The lowest BCUT2D eigenvalue weighted by Gasteiger charge is -2.18. The van der Waals surface area contributed by atoms with Gasteiger partial charge in [0.1, 0.15) is 11.3 Å². The van der Waals surface area contributed by atoms with Crippen molar-refractivity contribution in [2.75, 3.05) is 5.32 Å². The van der Waals surface area contributed by atoms with Crippen LogP contribution in [0.3, 0.4) is 0 Å². The number of fused-ring (bicyclic) bond motifs is 1. The number of para-hydroxylation sites is 1. The van der Waals surface area contributed by atoms with Gasteiger partial charge in [0.25, 0.3) is 0 Å². The Bertz CT molecular complexity index is 942. The van der Waals surface area contributed by atoms with Gasteiger partial charge in [-0.3, -0.25) is 9.78 Å². The first-order valence-corrected chi connectivity index (χ1v) is 8.27. The van der Waals surface area contributed by atoms with Gasteiger partial charge in [-0.2, -0.15) is 13.2 Å². The van der Waals surface area contributed by atoms with E-state index in [1.165, 1.54) is 24.4 Å². The molecule has 0 spiro atoms. The van der Waals surface area contributed by atoms with Crippen LogP contribution in [0.1, 0.15) is 12.0 Å². The Balaban J connectivity index is 1.81. The van der Waals surface area contributed by atoms with E-state index in [2.05, 4.69) is 10.3 Å². The van der Waals surface area contributed by atoms with Crippen LogP contribution in [-0.4, -0.2) is 17.1 Å². The van der Waals surface area contributed by atoms with Crippen molar-refractivity contribution in [3.05, 3.63) is 72.2 Å². The van der Waals surface area contributed by atoms with Gasteiger partial charge in [0.2, 0.25) is 5.91 Å². The van der Waals surface area contributed by atoms with Gasteiger partial charge < -0.3 is 5.32 Å². The maximum atomic E-state index is 13.7. The molecule has 1 heterocycles. The van der Waals surface area contributed by atoms with Crippen LogP contribution in [0.25, 0.3) is 10.9 Å². The fourth-order valence-corrected chi connectivity index (χ4v) is 2.87. The second-order valence-electron chi connectivity index (χ2n) is 6.23. The van der Waals surface area contributed by atoms with Crippen LogP contribution in [0.4, 0.5) is 23.2 Å². The maximum Gasteiger partial charge on any atom is 0.389 e. The maximum absolute atomic E-state index is 13.7. The molecule has 0 fully saturated rings. The average molecular weight is 376 g/mol. The molecule has 0 saturated heterocycles. The van der Waals surface area contributed by atoms with Crippen molar-refractivity contribution in [3.63, 3.8) is 0 Å². The molecule has 0 radical (unpaired) electrons. The summed E-state index contributed by atoms with van der Waals surface area (Å²) >= 11 is 0. The van der Waals surface area contributed by atoms with Crippen LogP contribution < -0.4 is 5.32 Å². The molecule has 0 saturated carbocycles. The predicted molar refractivity (Wildman–Crippen MR) is 94.6 cm³/mol. The van der Waals surface area contributed by atoms with E-state index < -0.39 is 30.2 Å². The van der Waals surface area contributed by atoms with E-state index in [0.717, 1.165) is 0 Å². The van der Waals surface area contributed by atoms with Gasteiger partial charge >= 0.3 is 6.18 Å². The summed E-state index contributed by atoms with van der Waals surface area (Å²) in [6.07, 6.45) is -4.51. The number of carbonyl (C=O) groups is 1. The Labute approximate surface area is 153 Å². The Kier molecular flexibility index (Phi) is 5.39. The molecule has 0 aliphatic rings. The molecule has 3 rings (SSSR count). The van der Waals surface area contributed by atoms with Gasteiger partial charge in [-0.1, -0.05) is 42.5 Å². The van der Waals surface area contributed by atoms with Crippen molar-refractivity contribution >= 4 is 22.5 Å². The molecule has 0 aliphatic heterocycles. The van der Waals surface area contributed by atoms with E-state index in [9.17, 15) is 22.4 Å². The summed E-state index contributed by atoms with van der Waals surface area (Å²) in [5.74, 6) is -2.55. The lowest BCUT2D eigenvalue weighted by molar-refractivity contribution is -0.152. The molecule has 27 heavy (non-hydrogen) atoms. The molecule has 1 aromatic heterocycles. The molecular formula is C20H16F4N2O. The van der Waals surface area contributed by atoms with Gasteiger partial charge in [0.15, 0.2) is 0 Å².